The lowest BCUT2D eigenvalue weighted by atomic mass is 9.96. The zero-order chi connectivity index (χ0) is 17.6. The molecule has 0 saturated carbocycles. The highest BCUT2D eigenvalue weighted by Crippen LogP contribution is 2.26. The number of pyridine rings is 1. The van der Waals surface area contributed by atoms with Gasteiger partial charge in [0.1, 0.15) is 5.82 Å². The summed E-state index contributed by atoms with van der Waals surface area (Å²) in [5, 5.41) is 0.988. The van der Waals surface area contributed by atoms with Crippen molar-refractivity contribution in [3.8, 4) is 0 Å². The molecule has 3 rings (SSSR count). The van der Waals surface area contributed by atoms with Crippen LogP contribution in [-0.2, 0) is 0 Å². The van der Waals surface area contributed by atoms with Crippen LogP contribution in [0.25, 0.3) is 0 Å². The van der Waals surface area contributed by atoms with Gasteiger partial charge in [-0.15, -0.1) is 0 Å². The van der Waals surface area contributed by atoms with Crippen molar-refractivity contribution >= 4 is 35.3 Å². The summed E-state index contributed by atoms with van der Waals surface area (Å²) in [4.78, 5) is 17.2. The number of halogens is 2. The quantitative estimate of drug-likeness (QED) is 0.276. The van der Waals surface area contributed by atoms with Crippen LogP contribution >= 0.6 is 23.4 Å². The van der Waals surface area contributed by atoms with Gasteiger partial charge in [0.15, 0.2) is 10.3 Å². The fourth-order valence-corrected chi connectivity index (χ4v) is 2.79. The lowest BCUT2D eigenvalue weighted by Crippen LogP contribution is -2.06. The third-order valence-corrected chi connectivity index (χ3v) is 4.34. The number of rotatable bonds is 5. The Labute approximate surface area is 154 Å². The summed E-state index contributed by atoms with van der Waals surface area (Å²) in [5.41, 5.74) is 2.21. The van der Waals surface area contributed by atoms with E-state index in [2.05, 4.69) is 19.9 Å². The highest BCUT2D eigenvalue weighted by Gasteiger charge is 2.15. The van der Waals surface area contributed by atoms with Gasteiger partial charge in [-0.2, -0.15) is 0 Å². The van der Waals surface area contributed by atoms with Crippen molar-refractivity contribution < 1.29 is 4.39 Å². The Morgan fingerprint density at radius 1 is 1.12 bits per heavy atom. The van der Waals surface area contributed by atoms with Crippen molar-refractivity contribution in [2.75, 3.05) is 6.26 Å². The van der Waals surface area contributed by atoms with E-state index in [0.717, 1.165) is 11.3 Å². The van der Waals surface area contributed by atoms with Crippen molar-refractivity contribution in [2.24, 2.45) is 4.99 Å². The van der Waals surface area contributed by atoms with Gasteiger partial charge in [-0.25, -0.2) is 19.3 Å². The first kappa shape index (κ1) is 17.5. The first-order valence-electron chi connectivity index (χ1n) is 7.44. The van der Waals surface area contributed by atoms with E-state index in [0.29, 0.717) is 16.0 Å². The summed E-state index contributed by atoms with van der Waals surface area (Å²) in [6, 6.07) is 11.6. The van der Waals surface area contributed by atoms with E-state index in [9.17, 15) is 4.39 Å². The predicted octanol–water partition coefficient (Wildman–Crippen LogP) is 4.92. The van der Waals surface area contributed by atoms with Gasteiger partial charge in [-0.05, 0) is 42.2 Å². The number of aliphatic imine (C=N–C) groups is 1. The van der Waals surface area contributed by atoms with Gasteiger partial charge in [-0.1, -0.05) is 35.5 Å². The Morgan fingerprint density at radius 3 is 2.64 bits per heavy atom. The third-order valence-electron chi connectivity index (χ3n) is 3.49. The molecule has 0 N–H and O–H groups in total. The molecule has 126 valence electrons. The average Bonchev–Trinajstić information content (AvgIpc) is 2.65. The number of nitrogens with zero attached hydrogens (tertiary/aromatic N) is 4. The van der Waals surface area contributed by atoms with E-state index in [4.69, 9.17) is 11.6 Å². The second-order valence-electron chi connectivity index (χ2n) is 5.09. The maximum absolute atomic E-state index is 13.3. The van der Waals surface area contributed by atoms with Crippen molar-refractivity contribution in [3.05, 3.63) is 77.1 Å². The zero-order valence-electron chi connectivity index (χ0n) is 13.3. The fraction of sp³-hybridized carbons (Fsp3) is 0.111. The van der Waals surface area contributed by atoms with Crippen LogP contribution in [0.1, 0.15) is 17.2 Å². The Morgan fingerprint density at radius 2 is 1.92 bits per heavy atom. The standard InChI is InChI=1S/C18H14ClFN4S/c1-25-18-22-10-8-15(24-18)14(12-4-6-13(20)7-5-12)11-23-16-3-2-9-21-17(16)19/h2-11,14H,1H3. The van der Waals surface area contributed by atoms with E-state index >= 15 is 0 Å². The van der Waals surface area contributed by atoms with Crippen LogP contribution in [0.15, 0.2) is 65.0 Å². The van der Waals surface area contributed by atoms with Crippen LogP contribution in [0.4, 0.5) is 10.1 Å². The Balaban J connectivity index is 2.02. The van der Waals surface area contributed by atoms with Gasteiger partial charge < -0.3 is 0 Å². The molecule has 7 heteroatoms. The highest BCUT2D eigenvalue weighted by atomic mass is 35.5. The van der Waals surface area contributed by atoms with Crippen molar-refractivity contribution in [3.63, 3.8) is 0 Å². The van der Waals surface area contributed by atoms with Crippen molar-refractivity contribution in [1.82, 2.24) is 15.0 Å². The van der Waals surface area contributed by atoms with E-state index in [1.165, 1.54) is 23.9 Å². The minimum absolute atomic E-state index is 0.259. The van der Waals surface area contributed by atoms with Crippen LogP contribution in [0.5, 0.6) is 0 Å². The predicted molar refractivity (Wildman–Crippen MR) is 99.5 cm³/mol. The molecule has 0 fully saturated rings. The molecular formula is C18H14ClFN4S. The largest absolute Gasteiger partial charge is 0.257 e. The van der Waals surface area contributed by atoms with E-state index in [1.54, 1.807) is 42.9 Å². The van der Waals surface area contributed by atoms with Crippen molar-refractivity contribution in [1.29, 1.82) is 0 Å². The minimum atomic E-state index is -0.290. The highest BCUT2D eigenvalue weighted by molar-refractivity contribution is 7.98. The number of benzene rings is 1. The molecule has 25 heavy (non-hydrogen) atoms. The van der Waals surface area contributed by atoms with Crippen LogP contribution < -0.4 is 0 Å². The van der Waals surface area contributed by atoms with E-state index in [-0.39, 0.29) is 11.7 Å². The van der Waals surface area contributed by atoms with Gasteiger partial charge in [0.25, 0.3) is 0 Å². The van der Waals surface area contributed by atoms with Crippen LogP contribution in [0, 0.1) is 5.82 Å². The van der Waals surface area contributed by atoms with Crippen LogP contribution in [-0.4, -0.2) is 27.4 Å². The molecule has 0 saturated heterocycles. The summed E-state index contributed by atoms with van der Waals surface area (Å²) in [6.07, 6.45) is 6.96. The summed E-state index contributed by atoms with van der Waals surface area (Å²) in [7, 11) is 0. The maximum Gasteiger partial charge on any atom is 0.187 e. The maximum atomic E-state index is 13.3. The molecule has 0 aliphatic carbocycles. The van der Waals surface area contributed by atoms with Gasteiger partial charge in [0.2, 0.25) is 0 Å². The monoisotopic (exact) mass is 372 g/mol. The number of thioether (sulfide) groups is 1. The molecule has 1 aromatic carbocycles. The summed E-state index contributed by atoms with van der Waals surface area (Å²) < 4.78 is 13.3. The summed E-state index contributed by atoms with van der Waals surface area (Å²) in [5.74, 6) is -0.548. The lowest BCUT2D eigenvalue weighted by Gasteiger charge is -2.13. The first-order chi connectivity index (χ1) is 12.2. The second kappa shape index (κ2) is 8.18. The topological polar surface area (TPSA) is 51.0 Å². The fourth-order valence-electron chi connectivity index (χ4n) is 2.26. The third kappa shape index (κ3) is 4.41. The second-order valence-corrected chi connectivity index (χ2v) is 6.22. The Bertz CT molecular complexity index is 886. The molecule has 0 aliphatic rings. The molecule has 2 heterocycles. The molecule has 3 aromatic rings. The molecule has 0 bridgehead atoms. The first-order valence-corrected chi connectivity index (χ1v) is 9.05. The summed E-state index contributed by atoms with van der Waals surface area (Å²) >= 11 is 7.52. The minimum Gasteiger partial charge on any atom is -0.257 e. The molecule has 2 aromatic heterocycles. The molecule has 0 aliphatic heterocycles. The molecule has 0 amide bonds. The van der Waals surface area contributed by atoms with E-state index < -0.39 is 0 Å². The number of hydrogen-bond acceptors (Lipinski definition) is 5. The zero-order valence-corrected chi connectivity index (χ0v) is 14.9. The Hall–Kier alpha value is -2.31. The van der Waals surface area contributed by atoms with Gasteiger partial charge in [0.05, 0.1) is 17.3 Å². The lowest BCUT2D eigenvalue weighted by molar-refractivity contribution is 0.627. The molecular weight excluding hydrogens is 359 g/mol. The van der Waals surface area contributed by atoms with Crippen molar-refractivity contribution in [2.45, 2.75) is 11.1 Å². The normalized spacial score (nSPS) is 12.4. The van der Waals surface area contributed by atoms with Gasteiger partial charge in [-0.3, -0.25) is 4.99 Å². The molecule has 4 nitrogen and oxygen atoms in total. The molecule has 1 atom stereocenters. The Kier molecular flexibility index (Phi) is 5.73. The van der Waals surface area contributed by atoms with Crippen LogP contribution in [0.3, 0.4) is 0 Å². The molecule has 0 radical (unpaired) electrons. The smallest absolute Gasteiger partial charge is 0.187 e. The SMILES string of the molecule is CSc1nccc(C(C=Nc2cccnc2Cl)c2ccc(F)cc2)n1. The number of hydrogen-bond donors (Lipinski definition) is 0. The molecule has 1 unspecified atom stereocenters. The van der Waals surface area contributed by atoms with Gasteiger partial charge >= 0.3 is 0 Å². The number of aromatic nitrogens is 3. The molecule has 0 spiro atoms. The van der Waals surface area contributed by atoms with Crippen LogP contribution in [0.2, 0.25) is 5.15 Å². The average molecular weight is 373 g/mol. The summed E-state index contributed by atoms with van der Waals surface area (Å²) in [6.45, 7) is 0. The van der Waals surface area contributed by atoms with Gasteiger partial charge in [0, 0.05) is 18.6 Å². The van der Waals surface area contributed by atoms with E-state index in [1.807, 2.05) is 12.3 Å².